The molecule has 1 unspecified atom stereocenters. The fraction of sp³-hybridized carbons (Fsp3) is 0.656. The van der Waals surface area contributed by atoms with E-state index in [1.165, 1.54) is 37.3 Å². The fourth-order valence-electron chi connectivity index (χ4n) is 5.77. The van der Waals surface area contributed by atoms with E-state index in [-0.39, 0.29) is 30.1 Å². The molecule has 1 saturated carbocycles. The lowest BCUT2D eigenvalue weighted by Crippen LogP contribution is -2.28. The van der Waals surface area contributed by atoms with Crippen LogP contribution in [0.25, 0.3) is 0 Å². The number of ether oxygens (including phenoxy) is 1. The van der Waals surface area contributed by atoms with Gasteiger partial charge in [-0.05, 0) is 128 Å². The van der Waals surface area contributed by atoms with Gasteiger partial charge in [0.15, 0.2) is 5.78 Å². The first-order chi connectivity index (χ1) is 33.5. The van der Waals surface area contributed by atoms with Gasteiger partial charge in [0.2, 0.25) is 5.91 Å². The molecule has 1 fully saturated rings. The number of Topliss-reactive ketones (excluding diaryl/α,β-unsaturated/α-hetero) is 2. The number of aliphatic hydroxyl groups is 1. The zero-order valence-electron chi connectivity index (χ0n) is 49.5. The number of hydrogen-bond donors (Lipinski definition) is 2. The minimum absolute atomic E-state index is 0.00280. The SMILES string of the molecule is C/C=C\C.CC.CC.CC.CC(F)(F)F.CCC(=O)C1CCC1.CCC(=O)c1c(C)cc(C)cc1F.CCCCCOCCC.CC\C=C(C)/C(=C\C=C(\C)CCC)C(/C=C\O)=C(\C)NC(=O)C(C)CC. The third kappa shape index (κ3) is 50.7. The summed E-state index contributed by atoms with van der Waals surface area (Å²) >= 11 is 0. The van der Waals surface area contributed by atoms with Crippen LogP contribution < -0.4 is 5.32 Å². The molecule has 2 N–H and O–H groups in total. The third-order valence-corrected chi connectivity index (χ3v) is 9.93. The van der Waals surface area contributed by atoms with Crippen molar-refractivity contribution in [3.05, 3.63) is 105 Å². The van der Waals surface area contributed by atoms with E-state index in [1.807, 2.05) is 108 Å². The summed E-state index contributed by atoms with van der Waals surface area (Å²) in [5, 5.41) is 12.4. The smallest absolute Gasteiger partial charge is 0.386 e. The summed E-state index contributed by atoms with van der Waals surface area (Å²) in [5.74, 6) is 0.356. The Labute approximate surface area is 435 Å². The highest BCUT2D eigenvalue weighted by molar-refractivity contribution is 5.97. The van der Waals surface area contributed by atoms with Crippen LogP contribution in [0.15, 0.2) is 82.8 Å². The summed E-state index contributed by atoms with van der Waals surface area (Å²) in [6.45, 7) is 43.9. The molecule has 1 aromatic rings. The predicted molar refractivity (Wildman–Crippen MR) is 303 cm³/mol. The molecule has 1 aromatic carbocycles. The molecule has 416 valence electrons. The number of alkyl halides is 3. The van der Waals surface area contributed by atoms with Gasteiger partial charge >= 0.3 is 6.18 Å². The average molecular weight is 1010 g/mol. The summed E-state index contributed by atoms with van der Waals surface area (Å²) in [6.07, 6.45) is 22.6. The van der Waals surface area contributed by atoms with Crippen LogP contribution in [0.4, 0.5) is 17.6 Å². The van der Waals surface area contributed by atoms with Crippen LogP contribution in [0, 0.1) is 31.5 Å². The summed E-state index contributed by atoms with van der Waals surface area (Å²) in [6, 6.07) is 3.22. The Morgan fingerprint density at radius 1 is 0.817 bits per heavy atom. The van der Waals surface area contributed by atoms with E-state index >= 15 is 0 Å². The first-order valence-electron chi connectivity index (χ1n) is 27.0. The van der Waals surface area contributed by atoms with Gasteiger partial charge in [0.1, 0.15) is 11.6 Å². The molecule has 6 nitrogen and oxygen atoms in total. The summed E-state index contributed by atoms with van der Waals surface area (Å²) < 4.78 is 49.7. The normalized spacial score (nSPS) is 12.8. The van der Waals surface area contributed by atoms with Gasteiger partial charge in [0.05, 0.1) is 11.8 Å². The van der Waals surface area contributed by atoms with E-state index in [0.29, 0.717) is 18.1 Å². The second kappa shape index (κ2) is 56.9. The number of aliphatic hydroxyl groups excluding tert-OH is 1. The number of hydrogen-bond acceptors (Lipinski definition) is 5. The van der Waals surface area contributed by atoms with Gasteiger partial charge in [-0.2, -0.15) is 13.2 Å². The fourth-order valence-corrected chi connectivity index (χ4v) is 5.77. The van der Waals surface area contributed by atoms with Crippen LogP contribution in [0.2, 0.25) is 0 Å². The molecule has 2 rings (SSSR count). The Kier molecular flexibility index (Phi) is 64.9. The van der Waals surface area contributed by atoms with Gasteiger partial charge in [-0.25, -0.2) is 4.39 Å². The van der Waals surface area contributed by atoms with Gasteiger partial charge in [0.25, 0.3) is 0 Å². The quantitative estimate of drug-likeness (QED) is 0.0339. The van der Waals surface area contributed by atoms with Crippen molar-refractivity contribution in [2.45, 2.75) is 242 Å². The molecule has 0 bridgehead atoms. The van der Waals surface area contributed by atoms with E-state index in [0.717, 1.165) is 104 Å². The van der Waals surface area contributed by atoms with Crippen molar-refractivity contribution in [2.24, 2.45) is 11.8 Å². The molecule has 1 amide bonds. The summed E-state index contributed by atoms with van der Waals surface area (Å²) in [4.78, 5) is 34.4. The number of nitrogens with one attached hydrogen (secondary N) is 1. The number of carbonyl (C=O) groups excluding carboxylic acids is 3. The van der Waals surface area contributed by atoms with Gasteiger partial charge in [-0.15, -0.1) is 0 Å². The molecule has 0 radical (unpaired) electrons. The number of carbonyl (C=O) groups is 3. The highest BCUT2D eigenvalue weighted by Gasteiger charge is 2.23. The van der Waals surface area contributed by atoms with Crippen molar-refractivity contribution in [3.8, 4) is 0 Å². The molecule has 0 aliphatic heterocycles. The minimum atomic E-state index is -4.00. The summed E-state index contributed by atoms with van der Waals surface area (Å²) in [7, 11) is 0. The molecule has 1 aliphatic rings. The molecule has 1 aliphatic carbocycles. The van der Waals surface area contributed by atoms with Crippen LogP contribution in [-0.2, 0) is 14.3 Å². The number of rotatable bonds is 20. The number of amides is 1. The number of allylic oxidation sites excluding steroid dienone is 11. The van der Waals surface area contributed by atoms with Crippen molar-refractivity contribution in [3.63, 3.8) is 0 Å². The Morgan fingerprint density at radius 2 is 1.35 bits per heavy atom. The number of aryl methyl sites for hydroxylation is 2. The molecule has 0 heterocycles. The van der Waals surface area contributed by atoms with Crippen molar-refractivity contribution >= 4 is 17.5 Å². The zero-order valence-corrected chi connectivity index (χ0v) is 49.5. The lowest BCUT2D eigenvalue weighted by atomic mass is 9.81. The Bertz CT molecular complexity index is 1590. The van der Waals surface area contributed by atoms with E-state index in [2.05, 4.69) is 65.1 Å². The molecule has 0 spiro atoms. The second-order valence-electron chi connectivity index (χ2n) is 16.2. The largest absolute Gasteiger partial charge is 0.516 e. The maximum atomic E-state index is 13.3. The minimum Gasteiger partial charge on any atom is -0.516 e. The second-order valence-corrected chi connectivity index (χ2v) is 16.2. The molecular weight excluding hydrogens is 903 g/mol. The lowest BCUT2D eigenvalue weighted by molar-refractivity contribution is -0.125. The van der Waals surface area contributed by atoms with Crippen LogP contribution in [0.3, 0.4) is 0 Å². The topological polar surface area (TPSA) is 92.7 Å². The highest BCUT2D eigenvalue weighted by Crippen LogP contribution is 2.28. The maximum absolute atomic E-state index is 13.3. The highest BCUT2D eigenvalue weighted by atomic mass is 19.4. The van der Waals surface area contributed by atoms with Gasteiger partial charge in [0, 0.05) is 56.1 Å². The van der Waals surface area contributed by atoms with Crippen molar-refractivity contribution in [1.29, 1.82) is 0 Å². The molecular formula is C61H109F4NO5. The first-order valence-corrected chi connectivity index (χ1v) is 27.0. The van der Waals surface area contributed by atoms with E-state index in [1.54, 1.807) is 19.9 Å². The zero-order chi connectivity index (χ0) is 57.0. The van der Waals surface area contributed by atoms with Gasteiger partial charge < -0.3 is 15.2 Å². The Hall–Kier alpha value is -4.05. The van der Waals surface area contributed by atoms with E-state index in [4.69, 9.17) is 4.74 Å². The average Bonchev–Trinajstić information content (AvgIpc) is 3.32. The van der Waals surface area contributed by atoms with Crippen LogP contribution in [-0.4, -0.2) is 42.0 Å². The monoisotopic (exact) mass is 1010 g/mol. The van der Waals surface area contributed by atoms with Crippen molar-refractivity contribution in [1.82, 2.24) is 5.32 Å². The van der Waals surface area contributed by atoms with E-state index in [9.17, 15) is 37.1 Å². The van der Waals surface area contributed by atoms with Crippen LogP contribution in [0.1, 0.15) is 243 Å². The third-order valence-electron chi connectivity index (χ3n) is 9.93. The van der Waals surface area contributed by atoms with Crippen molar-refractivity contribution < 1.29 is 41.8 Å². The number of ketones is 2. The molecule has 0 aromatic heterocycles. The molecule has 0 saturated heterocycles. The first kappa shape index (κ1) is 81.0. The summed E-state index contributed by atoms with van der Waals surface area (Å²) in [5.41, 5.74) is 6.83. The van der Waals surface area contributed by atoms with Gasteiger partial charge in [-0.3, -0.25) is 14.4 Å². The Balaban J connectivity index is -0.000000152. The molecule has 10 heteroatoms. The number of benzene rings is 1. The number of halogens is 4. The van der Waals surface area contributed by atoms with Crippen LogP contribution >= 0.6 is 0 Å². The van der Waals surface area contributed by atoms with Crippen LogP contribution in [0.5, 0.6) is 0 Å². The molecule has 71 heavy (non-hydrogen) atoms. The Morgan fingerprint density at radius 3 is 1.70 bits per heavy atom. The molecule has 1 atom stereocenters. The number of unbranched alkanes of at least 4 members (excludes halogenated alkanes) is 2. The standard InChI is InChI=1S/C23H37NO2.C11H13FO.C8H18O.C7H12O.C4H8.C2H3F3.3C2H6/c1-8-11-17(4)13-14-21(19(6)12-9-2)22(15-16-25)20(7)24-23(26)18(5)10-3;1-4-10(13)11-8(3)5-7(2)6-9(11)12;1-3-5-6-8-9-7-4-2;1-2-7(8)6-4-3-5-6;1-3-4-2;1-2(3,4)5;3*1-2/h12-16,18,25H,8-11H2,1-7H3,(H,24,26);5-6H,4H2,1-3H3;3-8H2,1-2H3;6H,2-5H2,1H3;3-4H,1-2H3;1H3;3*1-2H3/b16-15-,17-13-,19-12-,21-14+,22-20+;;;;4-3-;;;;. The lowest BCUT2D eigenvalue weighted by Gasteiger charge is -2.22. The predicted octanol–water partition coefficient (Wildman–Crippen LogP) is 20.2. The maximum Gasteiger partial charge on any atom is 0.386 e. The van der Waals surface area contributed by atoms with E-state index < -0.39 is 12.0 Å². The van der Waals surface area contributed by atoms with Gasteiger partial charge in [-0.1, -0.05) is 165 Å². The van der Waals surface area contributed by atoms with Crippen molar-refractivity contribution in [2.75, 3.05) is 13.2 Å².